The first-order chi connectivity index (χ1) is 11.1. The summed E-state index contributed by atoms with van der Waals surface area (Å²) < 4.78 is 13.0. The van der Waals surface area contributed by atoms with Crippen molar-refractivity contribution < 1.29 is 9.18 Å². The summed E-state index contributed by atoms with van der Waals surface area (Å²) in [6.45, 7) is 0.0399. The molecule has 3 nitrogen and oxygen atoms in total. The highest BCUT2D eigenvalue weighted by atomic mass is 35.5. The van der Waals surface area contributed by atoms with Gasteiger partial charge >= 0.3 is 0 Å². The number of halogens is 2. The van der Waals surface area contributed by atoms with Crippen LogP contribution in [-0.2, 0) is 4.79 Å². The predicted octanol–water partition coefficient (Wildman–Crippen LogP) is 4.68. The van der Waals surface area contributed by atoms with Crippen molar-refractivity contribution in [2.45, 2.75) is 0 Å². The van der Waals surface area contributed by atoms with E-state index in [4.69, 9.17) is 11.6 Å². The highest BCUT2D eigenvalue weighted by Crippen LogP contribution is 2.22. The molecular formula is C18H14ClFN2O. The van der Waals surface area contributed by atoms with Crippen LogP contribution >= 0.6 is 11.6 Å². The van der Waals surface area contributed by atoms with Gasteiger partial charge in [0, 0.05) is 5.69 Å². The van der Waals surface area contributed by atoms with Crippen molar-refractivity contribution in [3.8, 4) is 0 Å². The van der Waals surface area contributed by atoms with Crippen LogP contribution in [0.15, 0.2) is 60.7 Å². The molecule has 0 unspecified atom stereocenters. The minimum atomic E-state index is -0.416. The fourth-order valence-electron chi connectivity index (χ4n) is 2.28. The van der Waals surface area contributed by atoms with E-state index in [2.05, 4.69) is 10.6 Å². The lowest BCUT2D eigenvalue weighted by Crippen LogP contribution is -2.21. The number of rotatable bonds is 4. The molecule has 0 bridgehead atoms. The molecule has 2 N–H and O–H groups in total. The van der Waals surface area contributed by atoms with E-state index in [0.717, 1.165) is 16.5 Å². The largest absolute Gasteiger partial charge is 0.375 e. The normalized spacial score (nSPS) is 10.5. The van der Waals surface area contributed by atoms with Crippen molar-refractivity contribution >= 4 is 39.7 Å². The van der Waals surface area contributed by atoms with E-state index in [-0.39, 0.29) is 17.5 Å². The summed E-state index contributed by atoms with van der Waals surface area (Å²) in [5.41, 5.74) is 1.24. The Morgan fingerprint density at radius 2 is 1.78 bits per heavy atom. The Morgan fingerprint density at radius 3 is 2.57 bits per heavy atom. The van der Waals surface area contributed by atoms with Crippen LogP contribution in [0.1, 0.15) is 0 Å². The van der Waals surface area contributed by atoms with Crippen LogP contribution in [0, 0.1) is 5.82 Å². The third-order valence-corrected chi connectivity index (χ3v) is 3.72. The summed E-state index contributed by atoms with van der Waals surface area (Å²) >= 11 is 5.90. The molecule has 0 aliphatic rings. The molecule has 0 heterocycles. The van der Waals surface area contributed by atoms with Crippen molar-refractivity contribution in [2.75, 3.05) is 17.2 Å². The second-order valence-corrected chi connectivity index (χ2v) is 5.50. The number of fused-ring (bicyclic) bond motifs is 1. The Morgan fingerprint density at radius 1 is 1.00 bits per heavy atom. The van der Waals surface area contributed by atoms with Gasteiger partial charge in [-0.05, 0) is 41.1 Å². The van der Waals surface area contributed by atoms with Gasteiger partial charge in [0.25, 0.3) is 0 Å². The van der Waals surface area contributed by atoms with Crippen molar-refractivity contribution in [1.82, 2.24) is 0 Å². The van der Waals surface area contributed by atoms with E-state index in [0.29, 0.717) is 5.69 Å². The molecule has 3 aromatic carbocycles. The van der Waals surface area contributed by atoms with Gasteiger partial charge in [-0.3, -0.25) is 4.79 Å². The average Bonchev–Trinajstić information content (AvgIpc) is 2.54. The van der Waals surface area contributed by atoms with Crippen LogP contribution in [0.3, 0.4) is 0 Å². The summed E-state index contributed by atoms with van der Waals surface area (Å²) in [6, 6.07) is 17.6. The molecule has 0 fully saturated rings. The van der Waals surface area contributed by atoms with Gasteiger partial charge in [0.2, 0.25) is 5.91 Å². The minimum absolute atomic E-state index is 0.0399. The van der Waals surface area contributed by atoms with Gasteiger partial charge in [0.15, 0.2) is 0 Å². The lowest BCUT2D eigenvalue weighted by molar-refractivity contribution is -0.114. The van der Waals surface area contributed by atoms with E-state index in [1.54, 1.807) is 0 Å². The highest BCUT2D eigenvalue weighted by molar-refractivity contribution is 6.33. The Kier molecular flexibility index (Phi) is 4.44. The van der Waals surface area contributed by atoms with Gasteiger partial charge in [0.05, 0.1) is 17.3 Å². The fraction of sp³-hybridized carbons (Fsp3) is 0.0556. The smallest absolute Gasteiger partial charge is 0.243 e. The van der Waals surface area contributed by atoms with Crippen LogP contribution in [0.25, 0.3) is 10.8 Å². The van der Waals surface area contributed by atoms with E-state index < -0.39 is 5.82 Å². The minimum Gasteiger partial charge on any atom is -0.375 e. The first kappa shape index (κ1) is 15.3. The molecule has 23 heavy (non-hydrogen) atoms. The number of carbonyl (C=O) groups is 1. The topological polar surface area (TPSA) is 41.1 Å². The van der Waals surface area contributed by atoms with Gasteiger partial charge in [-0.1, -0.05) is 41.9 Å². The molecule has 0 aliphatic heterocycles. The van der Waals surface area contributed by atoms with Crippen LogP contribution < -0.4 is 10.6 Å². The van der Waals surface area contributed by atoms with Gasteiger partial charge in [0.1, 0.15) is 5.82 Å². The summed E-state index contributed by atoms with van der Waals surface area (Å²) in [6.07, 6.45) is 0. The molecule has 0 atom stereocenters. The van der Waals surface area contributed by atoms with Crippen molar-refractivity contribution in [3.63, 3.8) is 0 Å². The van der Waals surface area contributed by atoms with Gasteiger partial charge in [-0.15, -0.1) is 0 Å². The zero-order valence-electron chi connectivity index (χ0n) is 12.1. The second-order valence-electron chi connectivity index (χ2n) is 5.09. The third kappa shape index (κ3) is 3.79. The van der Waals surface area contributed by atoms with Gasteiger partial charge in [-0.25, -0.2) is 4.39 Å². The Hall–Kier alpha value is -2.59. The number of carbonyl (C=O) groups excluding carboxylic acids is 1. The van der Waals surface area contributed by atoms with E-state index >= 15 is 0 Å². The molecule has 0 spiro atoms. The van der Waals surface area contributed by atoms with E-state index in [1.807, 2.05) is 42.5 Å². The lowest BCUT2D eigenvalue weighted by atomic mass is 10.1. The molecule has 0 aliphatic carbocycles. The first-order valence-electron chi connectivity index (χ1n) is 7.09. The monoisotopic (exact) mass is 328 g/mol. The quantitative estimate of drug-likeness (QED) is 0.730. The van der Waals surface area contributed by atoms with Crippen LogP contribution in [-0.4, -0.2) is 12.5 Å². The molecule has 5 heteroatoms. The molecule has 0 aromatic heterocycles. The number of benzene rings is 3. The molecule has 3 rings (SSSR count). The summed E-state index contributed by atoms with van der Waals surface area (Å²) in [7, 11) is 0. The predicted molar refractivity (Wildman–Crippen MR) is 92.5 cm³/mol. The zero-order chi connectivity index (χ0) is 16.2. The highest BCUT2D eigenvalue weighted by Gasteiger charge is 2.06. The van der Waals surface area contributed by atoms with Crippen molar-refractivity contribution in [1.29, 1.82) is 0 Å². The van der Waals surface area contributed by atoms with Crippen molar-refractivity contribution in [3.05, 3.63) is 71.5 Å². The summed E-state index contributed by atoms with van der Waals surface area (Å²) in [4.78, 5) is 12.0. The molecule has 0 saturated carbocycles. The Labute approximate surface area is 138 Å². The summed E-state index contributed by atoms with van der Waals surface area (Å²) in [5, 5.41) is 8.11. The first-order valence-corrected chi connectivity index (χ1v) is 7.47. The number of hydrogen-bond donors (Lipinski definition) is 2. The fourth-order valence-corrected chi connectivity index (χ4v) is 2.51. The number of amides is 1. The zero-order valence-corrected chi connectivity index (χ0v) is 12.9. The van der Waals surface area contributed by atoms with Crippen LogP contribution in [0.4, 0.5) is 15.8 Å². The maximum absolute atomic E-state index is 13.0. The SMILES string of the molecule is O=C(CNc1ccc(F)cc1Cl)Nc1ccc2ccccc2c1. The maximum atomic E-state index is 13.0. The second kappa shape index (κ2) is 6.67. The van der Waals surface area contributed by atoms with Gasteiger partial charge in [-0.2, -0.15) is 0 Å². The molecule has 0 saturated heterocycles. The lowest BCUT2D eigenvalue weighted by Gasteiger charge is -2.10. The Bertz CT molecular complexity index is 867. The van der Waals surface area contributed by atoms with Gasteiger partial charge < -0.3 is 10.6 Å². The van der Waals surface area contributed by atoms with Crippen LogP contribution in [0.2, 0.25) is 5.02 Å². The average molecular weight is 329 g/mol. The van der Waals surface area contributed by atoms with Crippen LogP contribution in [0.5, 0.6) is 0 Å². The standard InChI is InChI=1S/C18H14ClFN2O/c19-16-10-14(20)6-8-17(16)21-11-18(23)22-15-7-5-12-3-1-2-4-13(12)9-15/h1-10,21H,11H2,(H,22,23). The number of nitrogens with one attached hydrogen (secondary N) is 2. The summed E-state index contributed by atoms with van der Waals surface area (Å²) in [5.74, 6) is -0.623. The number of hydrogen-bond acceptors (Lipinski definition) is 2. The van der Waals surface area contributed by atoms with E-state index in [9.17, 15) is 9.18 Å². The molecule has 0 radical (unpaired) electrons. The Balaban J connectivity index is 1.64. The molecule has 116 valence electrons. The molecule has 3 aromatic rings. The maximum Gasteiger partial charge on any atom is 0.243 e. The molecule has 1 amide bonds. The third-order valence-electron chi connectivity index (χ3n) is 3.40. The molecular weight excluding hydrogens is 315 g/mol. The number of anilines is 2. The van der Waals surface area contributed by atoms with E-state index in [1.165, 1.54) is 18.2 Å². The van der Waals surface area contributed by atoms with Crippen molar-refractivity contribution in [2.24, 2.45) is 0 Å².